The van der Waals surface area contributed by atoms with Gasteiger partial charge < -0.3 is 9.80 Å². The number of carbonyl (C=O) groups is 1. The van der Waals surface area contributed by atoms with E-state index in [9.17, 15) is 13.2 Å². The molecule has 3 aromatic rings. The van der Waals surface area contributed by atoms with Crippen molar-refractivity contribution in [3.8, 4) is 11.3 Å². The standard InChI is InChI=1S/C29H37ClN6O3S/c1-20-6-4-5-7-26(20)35-16-14-34(15-17-35)19-24(33-40(3,38)39)18-27-28-25(12-13-36(27)21(2)37)31-32-29(28)22-8-10-23(30)11-9-22/h4-11,24,27,33H,12-19H2,1-3H3,(H,31,32). The molecular formula is C29H37ClN6O3S. The number of fused-ring (bicyclic) bond motifs is 1. The first kappa shape index (κ1) is 28.6. The van der Waals surface area contributed by atoms with Crippen LogP contribution in [0.1, 0.15) is 36.2 Å². The number of H-pyrrole nitrogens is 1. The molecule has 0 radical (unpaired) electrons. The van der Waals surface area contributed by atoms with Crippen LogP contribution in [0.4, 0.5) is 5.69 Å². The molecule has 2 N–H and O–H groups in total. The molecule has 1 saturated heterocycles. The largest absolute Gasteiger partial charge is 0.369 e. The Bertz CT molecular complexity index is 1450. The summed E-state index contributed by atoms with van der Waals surface area (Å²) < 4.78 is 27.8. The third-order valence-corrected chi connectivity index (χ3v) is 8.93. The van der Waals surface area contributed by atoms with Crippen LogP contribution in [0, 0.1) is 6.92 Å². The van der Waals surface area contributed by atoms with Gasteiger partial charge in [-0.1, -0.05) is 41.9 Å². The highest BCUT2D eigenvalue weighted by atomic mass is 35.5. The van der Waals surface area contributed by atoms with Gasteiger partial charge in [0.25, 0.3) is 0 Å². The number of hydrogen-bond donors (Lipinski definition) is 2. The summed E-state index contributed by atoms with van der Waals surface area (Å²) in [4.78, 5) is 19.4. The van der Waals surface area contributed by atoms with Crippen LogP contribution >= 0.6 is 11.6 Å². The van der Waals surface area contributed by atoms with E-state index in [1.54, 1.807) is 6.92 Å². The Morgan fingerprint density at radius 2 is 1.80 bits per heavy atom. The van der Waals surface area contributed by atoms with Crippen molar-refractivity contribution in [1.82, 2.24) is 24.7 Å². The van der Waals surface area contributed by atoms with Crippen molar-refractivity contribution in [2.24, 2.45) is 0 Å². The van der Waals surface area contributed by atoms with E-state index in [-0.39, 0.29) is 18.0 Å². The molecule has 0 bridgehead atoms. The van der Waals surface area contributed by atoms with E-state index in [1.807, 2.05) is 29.2 Å². The highest BCUT2D eigenvalue weighted by Gasteiger charge is 2.36. The lowest BCUT2D eigenvalue weighted by molar-refractivity contribution is -0.132. The first-order valence-corrected chi connectivity index (χ1v) is 16.0. The molecule has 2 aliphatic rings. The third-order valence-electron chi connectivity index (χ3n) is 7.91. The summed E-state index contributed by atoms with van der Waals surface area (Å²) >= 11 is 6.13. The number of aryl methyl sites for hydroxylation is 1. The smallest absolute Gasteiger partial charge is 0.219 e. The molecule has 11 heteroatoms. The zero-order valence-electron chi connectivity index (χ0n) is 23.2. The van der Waals surface area contributed by atoms with Gasteiger partial charge in [0.2, 0.25) is 15.9 Å². The number of benzene rings is 2. The number of halogens is 1. The second kappa shape index (κ2) is 11.9. The molecule has 1 aromatic heterocycles. The van der Waals surface area contributed by atoms with E-state index in [0.29, 0.717) is 31.0 Å². The number of aromatic nitrogens is 2. The quantitative estimate of drug-likeness (QED) is 0.419. The van der Waals surface area contributed by atoms with Gasteiger partial charge in [0.05, 0.1) is 18.0 Å². The van der Waals surface area contributed by atoms with Crippen molar-refractivity contribution < 1.29 is 13.2 Å². The normalized spacial score (nSPS) is 18.9. The third kappa shape index (κ3) is 6.52. The van der Waals surface area contributed by atoms with Crippen LogP contribution in [-0.4, -0.2) is 85.9 Å². The molecule has 0 aliphatic carbocycles. The lowest BCUT2D eigenvalue weighted by atomic mass is 9.89. The maximum Gasteiger partial charge on any atom is 0.219 e. The first-order valence-electron chi connectivity index (χ1n) is 13.7. The highest BCUT2D eigenvalue weighted by molar-refractivity contribution is 7.88. The number of para-hydroxylation sites is 1. The number of anilines is 1. The Hall–Kier alpha value is -2.92. The fourth-order valence-corrected chi connectivity index (χ4v) is 6.97. The second-order valence-electron chi connectivity index (χ2n) is 10.8. The van der Waals surface area contributed by atoms with Crippen molar-refractivity contribution in [2.45, 2.75) is 38.8 Å². The summed E-state index contributed by atoms with van der Waals surface area (Å²) in [5.74, 6) is -0.0381. The van der Waals surface area contributed by atoms with Crippen molar-refractivity contribution >= 4 is 33.2 Å². The van der Waals surface area contributed by atoms with Gasteiger partial charge in [-0.15, -0.1) is 0 Å². The highest BCUT2D eigenvalue weighted by Crippen LogP contribution is 2.39. The summed E-state index contributed by atoms with van der Waals surface area (Å²) in [6.07, 6.45) is 2.30. The predicted molar refractivity (Wildman–Crippen MR) is 159 cm³/mol. The fraction of sp³-hybridized carbons (Fsp3) is 0.448. The van der Waals surface area contributed by atoms with Gasteiger partial charge >= 0.3 is 0 Å². The molecule has 1 amide bonds. The maximum absolute atomic E-state index is 12.8. The Labute approximate surface area is 241 Å². The van der Waals surface area contributed by atoms with Gasteiger partial charge in [0.15, 0.2) is 0 Å². The van der Waals surface area contributed by atoms with Crippen LogP contribution in [0.2, 0.25) is 5.02 Å². The van der Waals surface area contributed by atoms with Crippen molar-refractivity contribution in [3.63, 3.8) is 0 Å². The lowest BCUT2D eigenvalue weighted by Gasteiger charge is -2.40. The average molecular weight is 585 g/mol. The second-order valence-corrected chi connectivity index (χ2v) is 13.1. The molecule has 0 spiro atoms. The predicted octanol–water partition coefficient (Wildman–Crippen LogP) is 3.61. The molecule has 2 unspecified atom stereocenters. The van der Waals surface area contributed by atoms with E-state index >= 15 is 0 Å². The minimum atomic E-state index is -3.48. The van der Waals surface area contributed by atoms with E-state index in [1.165, 1.54) is 17.5 Å². The first-order chi connectivity index (χ1) is 19.1. The Kier molecular flexibility index (Phi) is 8.51. The maximum atomic E-state index is 12.8. The molecular weight excluding hydrogens is 548 g/mol. The summed E-state index contributed by atoms with van der Waals surface area (Å²) in [5.41, 5.74) is 6.10. The van der Waals surface area contributed by atoms with Gasteiger partial charge in [-0.2, -0.15) is 5.10 Å². The summed E-state index contributed by atoms with van der Waals surface area (Å²) in [6, 6.07) is 15.2. The number of nitrogens with one attached hydrogen (secondary N) is 2. The van der Waals surface area contributed by atoms with Gasteiger partial charge in [0, 0.05) is 86.2 Å². The molecule has 2 atom stereocenters. The molecule has 2 aliphatic heterocycles. The number of amides is 1. The molecule has 9 nitrogen and oxygen atoms in total. The average Bonchev–Trinajstić information content (AvgIpc) is 3.34. The van der Waals surface area contributed by atoms with E-state index < -0.39 is 10.0 Å². The Morgan fingerprint density at radius 1 is 1.10 bits per heavy atom. The molecule has 5 rings (SSSR count). The molecule has 1 fully saturated rings. The molecule has 2 aromatic carbocycles. The summed E-state index contributed by atoms with van der Waals surface area (Å²) in [5, 5.41) is 8.44. The van der Waals surface area contributed by atoms with Crippen LogP contribution in [0.25, 0.3) is 11.3 Å². The summed E-state index contributed by atoms with van der Waals surface area (Å²) in [7, 11) is -3.48. The molecule has 0 saturated carbocycles. The number of rotatable bonds is 8. The van der Waals surface area contributed by atoms with Crippen molar-refractivity contribution in [2.75, 3.05) is 50.4 Å². The van der Waals surface area contributed by atoms with Gasteiger partial charge in [0.1, 0.15) is 0 Å². The van der Waals surface area contributed by atoms with Crippen LogP contribution in [0.5, 0.6) is 0 Å². The lowest BCUT2D eigenvalue weighted by Crippen LogP contribution is -2.52. The molecule has 3 heterocycles. The SMILES string of the molecule is CC(=O)N1CCc2[nH]nc(-c3ccc(Cl)cc3)c2C1CC(CN1CCN(c2ccccc2C)CC1)NS(C)(=O)=O. The van der Waals surface area contributed by atoms with Crippen LogP contribution in [0.15, 0.2) is 48.5 Å². The van der Waals surface area contributed by atoms with Crippen molar-refractivity contribution in [1.29, 1.82) is 0 Å². The number of aromatic amines is 1. The van der Waals surface area contributed by atoms with Crippen molar-refractivity contribution in [3.05, 3.63) is 70.4 Å². The van der Waals surface area contributed by atoms with Crippen LogP contribution in [-0.2, 0) is 21.2 Å². The fourth-order valence-electron chi connectivity index (χ4n) is 6.06. The van der Waals surface area contributed by atoms with E-state index in [0.717, 1.165) is 48.7 Å². The van der Waals surface area contributed by atoms with Gasteiger partial charge in [-0.25, -0.2) is 13.1 Å². The molecule has 214 valence electrons. The summed E-state index contributed by atoms with van der Waals surface area (Å²) in [6.45, 7) is 8.19. The minimum Gasteiger partial charge on any atom is -0.369 e. The van der Waals surface area contributed by atoms with E-state index in [4.69, 9.17) is 11.6 Å². The van der Waals surface area contributed by atoms with Crippen LogP contribution in [0.3, 0.4) is 0 Å². The van der Waals surface area contributed by atoms with E-state index in [2.05, 4.69) is 55.9 Å². The van der Waals surface area contributed by atoms with Gasteiger partial charge in [-0.05, 0) is 37.1 Å². The number of nitrogens with zero attached hydrogens (tertiary/aromatic N) is 4. The number of piperazine rings is 1. The zero-order valence-corrected chi connectivity index (χ0v) is 24.8. The zero-order chi connectivity index (χ0) is 28.4. The monoisotopic (exact) mass is 584 g/mol. The Balaban J connectivity index is 1.39. The van der Waals surface area contributed by atoms with Crippen LogP contribution < -0.4 is 9.62 Å². The molecule has 40 heavy (non-hydrogen) atoms. The van der Waals surface area contributed by atoms with Gasteiger partial charge in [-0.3, -0.25) is 14.8 Å². The number of carbonyl (C=O) groups excluding carboxylic acids is 1. The Morgan fingerprint density at radius 3 is 2.45 bits per heavy atom. The minimum absolute atomic E-state index is 0.0381. The number of hydrogen-bond acceptors (Lipinski definition) is 6. The topological polar surface area (TPSA) is 102 Å². The number of sulfonamides is 1.